The molecule has 0 bridgehead atoms. The third-order valence-corrected chi connectivity index (χ3v) is 5.19. The van der Waals surface area contributed by atoms with E-state index in [9.17, 15) is 5.11 Å². The van der Waals surface area contributed by atoms with Gasteiger partial charge in [0.2, 0.25) is 0 Å². The van der Waals surface area contributed by atoms with Gasteiger partial charge in [-0.3, -0.25) is 0 Å². The van der Waals surface area contributed by atoms with Crippen LogP contribution in [0.25, 0.3) is 10.8 Å². The lowest BCUT2D eigenvalue weighted by molar-refractivity contribution is 0.182. The van der Waals surface area contributed by atoms with Crippen LogP contribution in [0.4, 0.5) is 0 Å². The predicted octanol–water partition coefficient (Wildman–Crippen LogP) is 5.15. The van der Waals surface area contributed by atoms with Gasteiger partial charge in [-0.1, -0.05) is 53.8 Å². The van der Waals surface area contributed by atoms with Gasteiger partial charge in [0.1, 0.15) is 6.10 Å². The summed E-state index contributed by atoms with van der Waals surface area (Å²) in [5, 5.41) is 24.4. The van der Waals surface area contributed by atoms with E-state index < -0.39 is 6.10 Å². The third-order valence-electron chi connectivity index (χ3n) is 5.19. The molecule has 0 heterocycles. The third kappa shape index (κ3) is 9.00. The number of aryl methyl sites for hydroxylation is 3. The maximum atomic E-state index is 10.5. The predicted molar refractivity (Wildman–Crippen MR) is 142 cm³/mol. The Morgan fingerprint density at radius 2 is 1.53 bits per heavy atom. The minimum Gasteiger partial charge on any atom is -0.379 e. The lowest BCUT2D eigenvalue weighted by atomic mass is 10.0. The molecule has 4 heteroatoms. The highest BCUT2D eigenvalue weighted by molar-refractivity contribution is 5.83. The topological polar surface area (TPSA) is 82.1 Å². The van der Waals surface area contributed by atoms with Crippen LogP contribution in [-0.4, -0.2) is 23.8 Å². The van der Waals surface area contributed by atoms with Crippen molar-refractivity contribution in [3.05, 3.63) is 82.4 Å². The molecule has 4 nitrogen and oxygen atoms in total. The molecule has 0 aromatic heterocycles. The van der Waals surface area contributed by atoms with Crippen molar-refractivity contribution in [2.75, 3.05) is 6.54 Å². The average Bonchev–Trinajstić information content (AvgIpc) is 2.77. The van der Waals surface area contributed by atoms with E-state index in [1.165, 1.54) is 27.5 Å². The van der Waals surface area contributed by atoms with E-state index in [4.69, 9.17) is 11.0 Å². The van der Waals surface area contributed by atoms with E-state index in [1.807, 2.05) is 46.8 Å². The smallest absolute Gasteiger partial charge is 0.131 e. The summed E-state index contributed by atoms with van der Waals surface area (Å²) in [6.07, 6.45) is -0.825. The zero-order chi connectivity index (χ0) is 25.3. The van der Waals surface area contributed by atoms with Gasteiger partial charge in [0.15, 0.2) is 0 Å². The summed E-state index contributed by atoms with van der Waals surface area (Å²) in [4.78, 5) is 0. The van der Waals surface area contributed by atoms with Gasteiger partial charge >= 0.3 is 0 Å². The van der Waals surface area contributed by atoms with Gasteiger partial charge in [0.25, 0.3) is 0 Å². The van der Waals surface area contributed by atoms with E-state index in [0.717, 1.165) is 11.1 Å². The standard InChI is InChI=1S/C25H28N2O.C5H9N/c1-17-4-7-22-8-5-21(14-23(22)13-17)16-27-24(15-26)25(28)9-6-20-11-18(2)10-19(3)12-20;1-5(2,3)4-6/h4-5,7-8,10-14,24-25,27-28H,15-16,26H2,1-3H3;1-3H3. The molecular weight excluding hydrogens is 418 g/mol. The molecule has 0 aliphatic carbocycles. The van der Waals surface area contributed by atoms with Crippen LogP contribution in [0.5, 0.6) is 0 Å². The van der Waals surface area contributed by atoms with Gasteiger partial charge in [-0.15, -0.1) is 0 Å². The number of nitrogens with two attached hydrogens (primary N) is 1. The van der Waals surface area contributed by atoms with E-state index in [1.54, 1.807) is 0 Å². The number of aliphatic hydroxyl groups excluding tert-OH is 1. The molecule has 2 atom stereocenters. The van der Waals surface area contributed by atoms with Gasteiger partial charge in [-0.25, -0.2) is 0 Å². The zero-order valence-electron chi connectivity index (χ0n) is 21.2. The normalized spacial score (nSPS) is 12.6. The van der Waals surface area contributed by atoms with Crippen LogP contribution in [0.3, 0.4) is 0 Å². The van der Waals surface area contributed by atoms with Gasteiger partial charge < -0.3 is 16.2 Å². The molecule has 4 N–H and O–H groups in total. The summed E-state index contributed by atoms with van der Waals surface area (Å²) in [6, 6.07) is 20.8. The number of nitriles is 1. The van der Waals surface area contributed by atoms with Crippen LogP contribution in [0.15, 0.2) is 54.6 Å². The molecule has 34 heavy (non-hydrogen) atoms. The number of nitrogens with one attached hydrogen (secondary N) is 1. The van der Waals surface area contributed by atoms with Gasteiger partial charge in [0, 0.05) is 24.1 Å². The van der Waals surface area contributed by atoms with Crippen LogP contribution in [0.1, 0.15) is 48.6 Å². The summed E-state index contributed by atoms with van der Waals surface area (Å²) < 4.78 is 0. The first-order valence-electron chi connectivity index (χ1n) is 11.6. The fraction of sp³-hybridized carbons (Fsp3) is 0.367. The Kier molecular flexibility index (Phi) is 9.84. The Morgan fingerprint density at radius 3 is 2.12 bits per heavy atom. The molecule has 2 unspecified atom stereocenters. The maximum Gasteiger partial charge on any atom is 0.131 e. The summed E-state index contributed by atoms with van der Waals surface area (Å²) in [6.45, 7) is 12.8. The molecule has 3 aromatic carbocycles. The number of hydrogen-bond acceptors (Lipinski definition) is 4. The molecule has 0 aliphatic heterocycles. The van der Waals surface area contributed by atoms with Crippen molar-refractivity contribution in [3.63, 3.8) is 0 Å². The Balaban J connectivity index is 0.000000604. The quantitative estimate of drug-likeness (QED) is 0.465. The molecule has 0 amide bonds. The Hall–Kier alpha value is -3.15. The number of rotatable bonds is 5. The number of hydrogen-bond donors (Lipinski definition) is 3. The molecule has 178 valence electrons. The SMILES string of the molecule is CC(C)(C)C#N.Cc1cc(C)cc(C#CC(O)C(CN)NCc2ccc3ccc(C)cc3c2)c1. The van der Waals surface area contributed by atoms with Gasteiger partial charge in [-0.2, -0.15) is 5.26 Å². The zero-order valence-corrected chi connectivity index (χ0v) is 21.2. The summed E-state index contributed by atoms with van der Waals surface area (Å²) >= 11 is 0. The lowest BCUT2D eigenvalue weighted by Crippen LogP contribution is -2.44. The first-order chi connectivity index (χ1) is 16.0. The number of fused-ring (bicyclic) bond motifs is 1. The Bertz CT molecular complexity index is 1190. The van der Waals surface area contributed by atoms with E-state index in [-0.39, 0.29) is 11.5 Å². The van der Waals surface area contributed by atoms with Crippen LogP contribution < -0.4 is 11.1 Å². The maximum absolute atomic E-state index is 10.5. The second-order valence-electron chi connectivity index (χ2n) is 9.86. The molecule has 0 spiro atoms. The molecule has 0 saturated heterocycles. The van der Waals surface area contributed by atoms with E-state index in [0.29, 0.717) is 13.1 Å². The minimum atomic E-state index is -0.825. The highest BCUT2D eigenvalue weighted by atomic mass is 16.3. The largest absolute Gasteiger partial charge is 0.379 e. The fourth-order valence-corrected chi connectivity index (χ4v) is 3.40. The minimum absolute atomic E-state index is 0.153. The van der Waals surface area contributed by atoms with Crippen molar-refractivity contribution in [1.82, 2.24) is 5.32 Å². The van der Waals surface area contributed by atoms with Crippen molar-refractivity contribution in [2.45, 2.75) is 60.2 Å². The molecule has 3 aromatic rings. The first kappa shape index (κ1) is 27.1. The Labute approximate surface area is 204 Å². The highest BCUT2D eigenvalue weighted by Gasteiger charge is 2.15. The fourth-order valence-electron chi connectivity index (χ4n) is 3.40. The summed E-state index contributed by atoms with van der Waals surface area (Å²) in [5.41, 5.74) is 11.4. The van der Waals surface area contributed by atoms with Crippen LogP contribution in [0, 0.1) is 49.4 Å². The van der Waals surface area contributed by atoms with E-state index in [2.05, 4.69) is 72.6 Å². The average molecular weight is 456 g/mol. The molecule has 0 fully saturated rings. The molecule has 0 aliphatic rings. The van der Waals surface area contributed by atoms with Crippen molar-refractivity contribution in [2.24, 2.45) is 11.1 Å². The Morgan fingerprint density at radius 1 is 0.912 bits per heavy atom. The lowest BCUT2D eigenvalue weighted by Gasteiger charge is -2.19. The number of aliphatic hydroxyl groups is 1. The summed E-state index contributed by atoms with van der Waals surface area (Å²) in [5.74, 6) is 6.01. The second kappa shape index (κ2) is 12.4. The highest BCUT2D eigenvalue weighted by Crippen LogP contribution is 2.18. The first-order valence-corrected chi connectivity index (χ1v) is 11.6. The molecule has 3 rings (SSSR count). The molecule has 0 radical (unpaired) electrons. The molecular formula is C30H37N3O. The van der Waals surface area contributed by atoms with Crippen molar-refractivity contribution in [3.8, 4) is 17.9 Å². The number of nitrogens with zero attached hydrogens (tertiary/aromatic N) is 1. The van der Waals surface area contributed by atoms with E-state index >= 15 is 0 Å². The summed E-state index contributed by atoms with van der Waals surface area (Å²) in [7, 11) is 0. The van der Waals surface area contributed by atoms with Crippen LogP contribution >= 0.6 is 0 Å². The monoisotopic (exact) mass is 455 g/mol. The van der Waals surface area contributed by atoms with Crippen LogP contribution in [0.2, 0.25) is 0 Å². The number of benzene rings is 3. The van der Waals surface area contributed by atoms with Crippen molar-refractivity contribution in [1.29, 1.82) is 5.26 Å². The van der Waals surface area contributed by atoms with Crippen LogP contribution in [-0.2, 0) is 6.54 Å². The van der Waals surface area contributed by atoms with Crippen molar-refractivity contribution < 1.29 is 5.11 Å². The van der Waals surface area contributed by atoms with Crippen molar-refractivity contribution >= 4 is 10.8 Å². The van der Waals surface area contributed by atoms with Gasteiger partial charge in [0.05, 0.1) is 12.1 Å². The van der Waals surface area contributed by atoms with Gasteiger partial charge in [-0.05, 0) is 87.2 Å². The second-order valence-corrected chi connectivity index (χ2v) is 9.86. The molecule has 0 saturated carbocycles.